The molecule has 0 aliphatic carbocycles. The van der Waals surface area contributed by atoms with Crippen molar-refractivity contribution in [1.82, 2.24) is 4.98 Å². The number of rotatable bonds is 6. The van der Waals surface area contributed by atoms with Crippen molar-refractivity contribution < 1.29 is 9.53 Å². The van der Waals surface area contributed by atoms with Gasteiger partial charge in [-0.05, 0) is 12.8 Å². The van der Waals surface area contributed by atoms with Crippen molar-refractivity contribution in [1.29, 1.82) is 0 Å². The monoisotopic (exact) mass is 251 g/mol. The highest BCUT2D eigenvalue weighted by molar-refractivity contribution is 5.96. The average Bonchev–Trinajstić information content (AvgIpc) is 2.42. The summed E-state index contributed by atoms with van der Waals surface area (Å²) in [6.45, 7) is 4.27. The zero-order valence-corrected chi connectivity index (χ0v) is 11.2. The van der Waals surface area contributed by atoms with Gasteiger partial charge in [0.05, 0.1) is 18.7 Å². The summed E-state index contributed by atoms with van der Waals surface area (Å²) in [5.74, 6) is 0.512. The number of methoxy groups -OCH3 is 1. The highest BCUT2D eigenvalue weighted by atomic mass is 16.5. The van der Waals surface area contributed by atoms with Crippen molar-refractivity contribution in [2.45, 2.75) is 26.7 Å². The molecule has 18 heavy (non-hydrogen) atoms. The summed E-state index contributed by atoms with van der Waals surface area (Å²) in [5, 5.41) is 2.85. The summed E-state index contributed by atoms with van der Waals surface area (Å²) in [6, 6.07) is 1.71. The van der Waals surface area contributed by atoms with Crippen LogP contribution in [0.4, 0.5) is 5.69 Å². The van der Waals surface area contributed by atoms with Crippen LogP contribution in [0.2, 0.25) is 0 Å². The van der Waals surface area contributed by atoms with Crippen LogP contribution >= 0.6 is 0 Å². The van der Waals surface area contributed by atoms with Crippen LogP contribution in [0.25, 0.3) is 0 Å². The Kier molecular flexibility index (Phi) is 5.09. The minimum Gasteiger partial charge on any atom is -0.494 e. The molecule has 0 radical (unpaired) electrons. The van der Waals surface area contributed by atoms with Crippen molar-refractivity contribution >= 4 is 11.6 Å². The van der Waals surface area contributed by atoms with E-state index < -0.39 is 5.41 Å². The summed E-state index contributed by atoms with van der Waals surface area (Å²) in [6.07, 6.45) is 4.59. The van der Waals surface area contributed by atoms with E-state index >= 15 is 0 Å². The first-order valence-electron chi connectivity index (χ1n) is 6.13. The van der Waals surface area contributed by atoms with E-state index in [0.717, 1.165) is 0 Å². The lowest BCUT2D eigenvalue weighted by molar-refractivity contribution is -0.125. The molecule has 0 aliphatic heterocycles. The zero-order chi connectivity index (χ0) is 13.6. The molecule has 1 heterocycles. The summed E-state index contributed by atoms with van der Waals surface area (Å²) in [7, 11) is 1.56. The lowest BCUT2D eigenvalue weighted by atomic mass is 9.81. The Morgan fingerprint density at radius 3 is 2.67 bits per heavy atom. The van der Waals surface area contributed by atoms with Crippen LogP contribution in [0.15, 0.2) is 18.5 Å². The number of nitrogens with zero attached hydrogens (tertiary/aromatic N) is 1. The van der Waals surface area contributed by atoms with Crippen LogP contribution in [-0.4, -0.2) is 24.5 Å². The van der Waals surface area contributed by atoms with Gasteiger partial charge in [0.15, 0.2) is 0 Å². The maximum absolute atomic E-state index is 12.3. The van der Waals surface area contributed by atoms with E-state index in [4.69, 9.17) is 10.5 Å². The molecule has 0 fully saturated rings. The van der Waals surface area contributed by atoms with Gasteiger partial charge in [0.2, 0.25) is 5.91 Å². The highest BCUT2D eigenvalue weighted by Gasteiger charge is 2.33. The predicted molar refractivity (Wildman–Crippen MR) is 71.5 cm³/mol. The molecule has 0 unspecified atom stereocenters. The van der Waals surface area contributed by atoms with Gasteiger partial charge in [-0.2, -0.15) is 0 Å². The molecule has 0 atom stereocenters. The molecule has 0 bridgehead atoms. The van der Waals surface area contributed by atoms with Gasteiger partial charge < -0.3 is 15.8 Å². The van der Waals surface area contributed by atoms with E-state index in [1.807, 2.05) is 13.8 Å². The smallest absolute Gasteiger partial charge is 0.231 e. The molecule has 0 spiro atoms. The van der Waals surface area contributed by atoms with Gasteiger partial charge in [0.1, 0.15) is 11.4 Å². The third kappa shape index (κ3) is 2.79. The van der Waals surface area contributed by atoms with Gasteiger partial charge >= 0.3 is 0 Å². The van der Waals surface area contributed by atoms with Crippen LogP contribution in [0.5, 0.6) is 5.75 Å². The molecule has 0 saturated heterocycles. The number of ether oxygens (including phenoxy) is 1. The fraction of sp³-hybridized carbons (Fsp3) is 0.538. The first kappa shape index (κ1) is 14.4. The highest BCUT2D eigenvalue weighted by Crippen LogP contribution is 2.29. The first-order valence-corrected chi connectivity index (χ1v) is 6.13. The number of aromatic nitrogens is 1. The molecule has 5 heteroatoms. The number of hydrogen-bond acceptors (Lipinski definition) is 4. The Bertz CT molecular complexity index is 395. The van der Waals surface area contributed by atoms with Gasteiger partial charge in [-0.15, -0.1) is 0 Å². The lowest BCUT2D eigenvalue weighted by Crippen LogP contribution is -2.41. The van der Waals surface area contributed by atoms with E-state index in [1.165, 1.54) is 0 Å². The van der Waals surface area contributed by atoms with Gasteiger partial charge in [-0.3, -0.25) is 9.78 Å². The topological polar surface area (TPSA) is 77.2 Å². The van der Waals surface area contributed by atoms with Crippen molar-refractivity contribution in [3.05, 3.63) is 18.5 Å². The second-order valence-corrected chi connectivity index (χ2v) is 4.22. The number of hydrogen-bond donors (Lipinski definition) is 2. The number of amides is 1. The predicted octanol–water partition coefficient (Wildman–Crippen LogP) is 1.79. The molecule has 1 amide bonds. The first-order chi connectivity index (χ1) is 8.63. The largest absolute Gasteiger partial charge is 0.494 e. The molecule has 1 aromatic heterocycles. The zero-order valence-electron chi connectivity index (χ0n) is 11.2. The maximum Gasteiger partial charge on any atom is 0.231 e. The number of carbonyl (C=O) groups excluding carboxylic acids is 1. The normalized spacial score (nSPS) is 11.1. The number of anilines is 1. The minimum absolute atomic E-state index is 0.0821. The summed E-state index contributed by atoms with van der Waals surface area (Å²) in [4.78, 5) is 16.3. The number of nitrogens with two attached hydrogens (primary N) is 1. The van der Waals surface area contributed by atoms with E-state index in [-0.39, 0.29) is 5.91 Å². The minimum atomic E-state index is -0.527. The van der Waals surface area contributed by atoms with Crippen LogP contribution in [-0.2, 0) is 4.79 Å². The van der Waals surface area contributed by atoms with Crippen LogP contribution in [0.3, 0.4) is 0 Å². The van der Waals surface area contributed by atoms with E-state index in [2.05, 4.69) is 10.3 Å². The molecule has 3 N–H and O–H groups in total. The Balaban J connectivity index is 2.93. The number of pyridine rings is 1. The fourth-order valence-corrected chi connectivity index (χ4v) is 1.86. The second-order valence-electron chi connectivity index (χ2n) is 4.22. The Hall–Kier alpha value is -1.62. The van der Waals surface area contributed by atoms with Gasteiger partial charge in [-0.25, -0.2) is 0 Å². The van der Waals surface area contributed by atoms with Gasteiger partial charge in [0, 0.05) is 18.8 Å². The van der Waals surface area contributed by atoms with Crippen molar-refractivity contribution in [3.8, 4) is 5.75 Å². The summed E-state index contributed by atoms with van der Waals surface area (Å²) in [5.41, 5.74) is 5.79. The standard InChI is InChI=1S/C13H21N3O2/c1-4-13(5-2,9-14)12(17)16-10-8-15-7-6-11(10)18-3/h6-8H,4-5,9,14H2,1-3H3,(H,16,17). The Labute approximate surface area is 108 Å². The third-order valence-electron chi connectivity index (χ3n) is 3.48. The Morgan fingerprint density at radius 1 is 1.50 bits per heavy atom. The molecule has 100 valence electrons. The molecule has 0 aromatic carbocycles. The molecule has 0 saturated carbocycles. The van der Waals surface area contributed by atoms with Gasteiger partial charge in [0.25, 0.3) is 0 Å². The molecule has 0 aliphatic rings. The second kappa shape index (κ2) is 6.35. The molecule has 1 rings (SSSR count). The Morgan fingerprint density at radius 2 is 2.17 bits per heavy atom. The van der Waals surface area contributed by atoms with Crippen molar-refractivity contribution in [2.75, 3.05) is 19.0 Å². The maximum atomic E-state index is 12.3. The molecule has 5 nitrogen and oxygen atoms in total. The SMILES string of the molecule is CCC(CC)(CN)C(=O)Nc1cnccc1OC. The average molecular weight is 251 g/mol. The van der Waals surface area contributed by atoms with Crippen LogP contribution < -0.4 is 15.8 Å². The number of nitrogens with one attached hydrogen (secondary N) is 1. The summed E-state index contributed by atoms with van der Waals surface area (Å²) < 4.78 is 5.17. The molecular weight excluding hydrogens is 230 g/mol. The quantitative estimate of drug-likeness (QED) is 0.808. The van der Waals surface area contributed by atoms with Gasteiger partial charge in [-0.1, -0.05) is 13.8 Å². The molecule has 1 aromatic rings. The van der Waals surface area contributed by atoms with Crippen LogP contribution in [0.1, 0.15) is 26.7 Å². The lowest BCUT2D eigenvalue weighted by Gasteiger charge is -2.28. The molecular formula is C13H21N3O2. The van der Waals surface area contributed by atoms with Crippen molar-refractivity contribution in [2.24, 2.45) is 11.1 Å². The third-order valence-corrected chi connectivity index (χ3v) is 3.48. The summed E-state index contributed by atoms with van der Waals surface area (Å²) >= 11 is 0. The van der Waals surface area contributed by atoms with E-state index in [1.54, 1.807) is 25.6 Å². The number of carbonyl (C=O) groups is 1. The van der Waals surface area contributed by atoms with E-state index in [9.17, 15) is 4.79 Å². The van der Waals surface area contributed by atoms with E-state index in [0.29, 0.717) is 30.8 Å². The van der Waals surface area contributed by atoms with Crippen LogP contribution in [0, 0.1) is 5.41 Å². The fourth-order valence-electron chi connectivity index (χ4n) is 1.86. The van der Waals surface area contributed by atoms with Crippen molar-refractivity contribution in [3.63, 3.8) is 0 Å².